The van der Waals surface area contributed by atoms with Gasteiger partial charge in [-0.2, -0.15) is 13.2 Å². The molecule has 1 heterocycles. The van der Waals surface area contributed by atoms with Crippen molar-refractivity contribution in [3.8, 4) is 10.4 Å². The number of nitrogens with one attached hydrogen (secondary N) is 1. The molecular weight excluding hydrogens is 526 g/mol. The number of unbranched alkanes of at least 4 members (excludes halogenated alkanes) is 2. The topological polar surface area (TPSA) is 101 Å². The summed E-state index contributed by atoms with van der Waals surface area (Å²) in [7, 11) is 0. The highest BCUT2D eigenvalue weighted by Crippen LogP contribution is 2.34. The van der Waals surface area contributed by atoms with E-state index in [1.54, 1.807) is 18.2 Å². The number of thiophene rings is 1. The number of ketones is 2. The molecule has 6 nitrogen and oxygen atoms in total. The molecule has 0 spiro atoms. The number of carboxylic acid groups (broad SMARTS) is 1. The zero-order valence-electron chi connectivity index (χ0n) is 21.9. The van der Waals surface area contributed by atoms with E-state index in [0.717, 1.165) is 18.1 Å². The lowest BCUT2D eigenvalue weighted by Crippen LogP contribution is -2.38. The standard InChI is InChI=1S/C13H9F3OS.C8H18.C6H8FNO4/c1-8(17)11-5-6-12(18-11)9-3-2-4-10(7-9)13(14,15)16;1-4-5-6-7-8(2)3;7-2-5(10)4(8-3-9)1-6(11)12/h2-7H,1H3;8H,4-7H2,1-3H3;3-4H,1-2H2,(H,8,9)(H,11,12). The molecule has 1 amide bonds. The van der Waals surface area contributed by atoms with E-state index < -0.39 is 42.6 Å². The second-order valence-electron chi connectivity index (χ2n) is 8.72. The fourth-order valence-electron chi connectivity index (χ4n) is 2.95. The van der Waals surface area contributed by atoms with Gasteiger partial charge in [-0.25, -0.2) is 4.39 Å². The van der Waals surface area contributed by atoms with Crippen LogP contribution in [0.3, 0.4) is 0 Å². The highest BCUT2D eigenvalue weighted by atomic mass is 32.1. The summed E-state index contributed by atoms with van der Waals surface area (Å²) in [6.07, 6.45) is 0.826. The minimum atomic E-state index is -4.35. The zero-order valence-corrected chi connectivity index (χ0v) is 22.8. The Hall–Kier alpha value is -3.08. The van der Waals surface area contributed by atoms with Gasteiger partial charge in [0.05, 0.1) is 16.9 Å². The lowest BCUT2D eigenvalue weighted by molar-refractivity contribution is -0.140. The minimum absolute atomic E-state index is 0.0850. The number of Topliss-reactive ketones (excluding diaryl/α,β-unsaturated/α-hetero) is 2. The number of benzene rings is 1. The van der Waals surface area contributed by atoms with Crippen LogP contribution in [-0.4, -0.2) is 41.8 Å². The third-order valence-electron chi connectivity index (χ3n) is 4.98. The summed E-state index contributed by atoms with van der Waals surface area (Å²) in [4.78, 5) is 42.8. The molecule has 0 aliphatic rings. The van der Waals surface area contributed by atoms with Crippen LogP contribution in [0.5, 0.6) is 0 Å². The van der Waals surface area contributed by atoms with Gasteiger partial charge in [-0.3, -0.25) is 19.2 Å². The van der Waals surface area contributed by atoms with Gasteiger partial charge in [0.15, 0.2) is 11.6 Å². The molecule has 0 aliphatic carbocycles. The van der Waals surface area contributed by atoms with Crippen LogP contribution in [0.2, 0.25) is 0 Å². The van der Waals surface area contributed by atoms with Gasteiger partial charge < -0.3 is 10.4 Å². The van der Waals surface area contributed by atoms with Crippen LogP contribution in [0.4, 0.5) is 17.6 Å². The number of rotatable bonds is 12. The zero-order chi connectivity index (χ0) is 29.3. The largest absolute Gasteiger partial charge is 0.481 e. The maximum atomic E-state index is 12.6. The highest BCUT2D eigenvalue weighted by molar-refractivity contribution is 7.17. The molecule has 0 radical (unpaired) electrons. The first-order chi connectivity index (χ1) is 17.8. The Morgan fingerprint density at radius 2 is 1.76 bits per heavy atom. The van der Waals surface area contributed by atoms with E-state index in [9.17, 15) is 36.7 Å². The van der Waals surface area contributed by atoms with Crippen molar-refractivity contribution >= 4 is 35.3 Å². The number of carbonyl (C=O) groups excluding carboxylic acids is 3. The highest BCUT2D eigenvalue weighted by Gasteiger charge is 2.30. The van der Waals surface area contributed by atoms with Crippen molar-refractivity contribution in [3.05, 3.63) is 46.8 Å². The molecule has 1 atom stereocenters. The van der Waals surface area contributed by atoms with Crippen molar-refractivity contribution in [2.24, 2.45) is 5.92 Å². The molecule has 0 fully saturated rings. The molecule has 38 heavy (non-hydrogen) atoms. The molecule has 1 unspecified atom stereocenters. The number of halogens is 4. The van der Waals surface area contributed by atoms with Crippen LogP contribution >= 0.6 is 11.3 Å². The van der Waals surface area contributed by atoms with Crippen molar-refractivity contribution in [1.29, 1.82) is 0 Å². The molecule has 212 valence electrons. The van der Waals surface area contributed by atoms with Gasteiger partial charge in [0, 0.05) is 4.88 Å². The van der Waals surface area contributed by atoms with Crippen LogP contribution in [-0.2, 0) is 20.6 Å². The summed E-state index contributed by atoms with van der Waals surface area (Å²) < 4.78 is 49.4. The molecular formula is C27H35F4NO5S. The Balaban J connectivity index is 0.000000594. The molecule has 11 heteroatoms. The van der Waals surface area contributed by atoms with Gasteiger partial charge in [-0.1, -0.05) is 58.6 Å². The van der Waals surface area contributed by atoms with Crippen molar-refractivity contribution in [3.63, 3.8) is 0 Å². The van der Waals surface area contributed by atoms with E-state index in [1.807, 2.05) is 5.32 Å². The Kier molecular flexibility index (Phi) is 16.7. The Bertz CT molecular complexity index is 1020. The van der Waals surface area contributed by atoms with E-state index in [4.69, 9.17) is 5.11 Å². The number of amides is 1. The van der Waals surface area contributed by atoms with Crippen molar-refractivity contribution in [2.75, 3.05) is 6.67 Å². The Morgan fingerprint density at radius 3 is 2.21 bits per heavy atom. The third-order valence-corrected chi connectivity index (χ3v) is 6.22. The molecule has 1 aromatic carbocycles. The van der Waals surface area contributed by atoms with Gasteiger partial charge in [0.2, 0.25) is 6.41 Å². The Labute approximate surface area is 224 Å². The van der Waals surface area contributed by atoms with Gasteiger partial charge in [-0.15, -0.1) is 11.3 Å². The molecule has 0 bridgehead atoms. The van der Waals surface area contributed by atoms with Crippen LogP contribution in [0, 0.1) is 5.92 Å². The van der Waals surface area contributed by atoms with E-state index in [1.165, 1.54) is 50.0 Å². The van der Waals surface area contributed by atoms with Gasteiger partial charge >= 0.3 is 12.1 Å². The third kappa shape index (κ3) is 14.6. The van der Waals surface area contributed by atoms with Crippen molar-refractivity contribution in [2.45, 2.75) is 72.0 Å². The number of carbonyl (C=O) groups is 4. The number of hydrogen-bond donors (Lipinski definition) is 2. The second kappa shape index (κ2) is 18.2. The first kappa shape index (κ1) is 34.9. The van der Waals surface area contributed by atoms with Gasteiger partial charge in [-0.05, 0) is 42.7 Å². The summed E-state index contributed by atoms with van der Waals surface area (Å²) in [5.74, 6) is -1.39. The molecule has 2 rings (SSSR count). The number of alkyl halides is 4. The van der Waals surface area contributed by atoms with E-state index in [0.29, 0.717) is 15.3 Å². The predicted octanol–water partition coefficient (Wildman–Crippen LogP) is 6.97. The fraction of sp³-hybridized carbons (Fsp3) is 0.481. The lowest BCUT2D eigenvalue weighted by atomic mass is 10.1. The smallest absolute Gasteiger partial charge is 0.416 e. The number of aliphatic carboxylic acids is 1. The average molecular weight is 562 g/mol. The molecule has 2 aromatic rings. The fourth-order valence-corrected chi connectivity index (χ4v) is 3.85. The number of carboxylic acids is 1. The van der Waals surface area contributed by atoms with E-state index >= 15 is 0 Å². The molecule has 0 aliphatic heterocycles. The van der Waals surface area contributed by atoms with Crippen LogP contribution in [0.1, 0.15) is 75.0 Å². The van der Waals surface area contributed by atoms with E-state index in [-0.39, 0.29) is 12.2 Å². The summed E-state index contributed by atoms with van der Waals surface area (Å²) in [5.41, 5.74) is -0.208. The van der Waals surface area contributed by atoms with Crippen molar-refractivity contribution < 1.29 is 41.8 Å². The lowest BCUT2D eigenvalue weighted by Gasteiger charge is -2.09. The summed E-state index contributed by atoms with van der Waals surface area (Å²) in [5, 5.41) is 10.1. The molecule has 2 N–H and O–H groups in total. The van der Waals surface area contributed by atoms with Crippen LogP contribution in [0.25, 0.3) is 10.4 Å². The quantitative estimate of drug-likeness (QED) is 0.126. The van der Waals surface area contributed by atoms with Crippen LogP contribution in [0.15, 0.2) is 36.4 Å². The molecule has 0 saturated carbocycles. The normalized spacial score (nSPS) is 11.4. The summed E-state index contributed by atoms with van der Waals surface area (Å²) in [6, 6.07) is 7.12. The first-order valence-corrected chi connectivity index (χ1v) is 12.9. The maximum absolute atomic E-state index is 12.6. The van der Waals surface area contributed by atoms with Gasteiger partial charge in [0.1, 0.15) is 12.7 Å². The van der Waals surface area contributed by atoms with E-state index in [2.05, 4.69) is 20.8 Å². The monoisotopic (exact) mass is 561 g/mol. The predicted molar refractivity (Wildman–Crippen MR) is 140 cm³/mol. The van der Waals surface area contributed by atoms with Crippen LogP contribution < -0.4 is 5.32 Å². The maximum Gasteiger partial charge on any atom is 0.416 e. The Morgan fingerprint density at radius 1 is 1.11 bits per heavy atom. The first-order valence-electron chi connectivity index (χ1n) is 12.0. The molecule has 1 aromatic heterocycles. The van der Waals surface area contributed by atoms with Crippen molar-refractivity contribution in [1.82, 2.24) is 5.32 Å². The second-order valence-corrected chi connectivity index (χ2v) is 9.81. The molecule has 0 saturated heterocycles. The SMILES string of the molecule is CC(=O)c1ccc(-c2cccc(C(F)(F)F)c2)s1.CCCCCC(C)C.O=CNC(CC(=O)O)C(=O)CF. The number of hydrogen-bond acceptors (Lipinski definition) is 5. The summed E-state index contributed by atoms with van der Waals surface area (Å²) in [6.45, 7) is 6.98. The summed E-state index contributed by atoms with van der Waals surface area (Å²) >= 11 is 1.20. The minimum Gasteiger partial charge on any atom is -0.481 e. The average Bonchev–Trinajstić information content (AvgIpc) is 3.34. The van der Waals surface area contributed by atoms with Gasteiger partial charge in [0.25, 0.3) is 0 Å².